The van der Waals surface area contributed by atoms with Crippen molar-refractivity contribution >= 4 is 23.5 Å². The molecule has 0 aliphatic heterocycles. The minimum absolute atomic E-state index is 0.0730. The predicted molar refractivity (Wildman–Crippen MR) is 108 cm³/mol. The third-order valence-electron chi connectivity index (χ3n) is 5.22. The molecule has 0 atom stereocenters. The molecule has 0 spiro atoms. The molecule has 1 rings (SSSR count). The number of nitrogens with zero attached hydrogens (tertiary/aromatic N) is 1. The van der Waals surface area contributed by atoms with Gasteiger partial charge in [-0.05, 0) is 19.3 Å². The van der Waals surface area contributed by atoms with Gasteiger partial charge in [0.15, 0.2) is 0 Å². The Morgan fingerprint density at radius 1 is 0.920 bits per heavy atom. The molecule has 0 saturated heterocycles. The summed E-state index contributed by atoms with van der Waals surface area (Å²) in [6.07, 6.45) is 19.4. The van der Waals surface area contributed by atoms with Crippen LogP contribution in [0.15, 0.2) is 4.51 Å². The van der Waals surface area contributed by atoms with E-state index in [-0.39, 0.29) is 5.91 Å². The van der Waals surface area contributed by atoms with Gasteiger partial charge < -0.3 is 11.1 Å². The summed E-state index contributed by atoms with van der Waals surface area (Å²) < 4.78 is 3.50. The van der Waals surface area contributed by atoms with Crippen LogP contribution in [0.1, 0.15) is 110 Å². The Hall–Kier alpha value is -0.770. The van der Waals surface area contributed by atoms with Crippen molar-refractivity contribution in [3.05, 3.63) is 0 Å². The van der Waals surface area contributed by atoms with E-state index in [1.807, 2.05) is 0 Å². The SMILES string of the molecule is CCCCCCCCCCCCCCCC(=O)NC1(/C(N)=N/Cl)CC1. The van der Waals surface area contributed by atoms with Crippen molar-refractivity contribution in [3.8, 4) is 0 Å². The highest BCUT2D eigenvalue weighted by Gasteiger charge is 2.48. The Morgan fingerprint density at radius 3 is 1.76 bits per heavy atom. The number of unbranched alkanes of at least 4 members (excludes halogenated alkanes) is 12. The number of carbonyl (C=O) groups is 1. The minimum atomic E-state index is -0.435. The van der Waals surface area contributed by atoms with Gasteiger partial charge >= 0.3 is 0 Å². The number of amides is 1. The molecule has 0 aromatic rings. The lowest BCUT2D eigenvalue weighted by molar-refractivity contribution is -0.121. The molecule has 1 fully saturated rings. The zero-order valence-corrected chi connectivity index (χ0v) is 16.9. The molecule has 146 valence electrons. The van der Waals surface area contributed by atoms with Gasteiger partial charge in [-0.15, -0.1) is 0 Å². The van der Waals surface area contributed by atoms with Gasteiger partial charge in [-0.1, -0.05) is 84.0 Å². The Labute approximate surface area is 159 Å². The average Bonchev–Trinajstić information content (AvgIpc) is 3.38. The number of amidine groups is 1. The van der Waals surface area contributed by atoms with Gasteiger partial charge in [0.2, 0.25) is 5.91 Å². The van der Waals surface area contributed by atoms with Crippen LogP contribution in [-0.2, 0) is 4.79 Å². The van der Waals surface area contributed by atoms with Crippen molar-refractivity contribution in [2.24, 2.45) is 10.2 Å². The topological polar surface area (TPSA) is 67.5 Å². The van der Waals surface area contributed by atoms with Gasteiger partial charge in [0, 0.05) is 18.2 Å². The lowest BCUT2D eigenvalue weighted by Crippen LogP contribution is -2.46. The highest BCUT2D eigenvalue weighted by Crippen LogP contribution is 2.35. The Bertz CT molecular complexity index is 394. The summed E-state index contributed by atoms with van der Waals surface area (Å²) in [5.41, 5.74) is 5.30. The smallest absolute Gasteiger partial charge is 0.220 e. The Morgan fingerprint density at radius 2 is 1.36 bits per heavy atom. The van der Waals surface area contributed by atoms with Crippen LogP contribution in [0, 0.1) is 0 Å². The Balaban J connectivity index is 1.85. The summed E-state index contributed by atoms with van der Waals surface area (Å²) >= 11 is 5.41. The fourth-order valence-corrected chi connectivity index (χ4v) is 3.45. The third kappa shape index (κ3) is 10.1. The summed E-state index contributed by atoms with van der Waals surface area (Å²) in [6.45, 7) is 2.27. The molecule has 5 heteroatoms. The first-order valence-corrected chi connectivity index (χ1v) is 10.7. The third-order valence-corrected chi connectivity index (χ3v) is 5.40. The van der Waals surface area contributed by atoms with Gasteiger partial charge in [0.05, 0.1) is 5.54 Å². The van der Waals surface area contributed by atoms with Crippen LogP contribution in [0.25, 0.3) is 0 Å². The van der Waals surface area contributed by atoms with Gasteiger partial charge in [0.1, 0.15) is 5.84 Å². The standard InChI is InChI=1S/C20H38ClN3O/c1-2-3-4-5-6-7-8-9-10-11-12-13-14-15-18(25)23-20(16-17-20)19(22)24-21/h2-17H2,1H3,(H2,22,24)(H,23,25). The number of rotatable bonds is 16. The van der Waals surface area contributed by atoms with Crippen molar-refractivity contribution in [2.45, 2.75) is 115 Å². The van der Waals surface area contributed by atoms with Crippen molar-refractivity contribution in [1.29, 1.82) is 0 Å². The fraction of sp³-hybridized carbons (Fsp3) is 0.900. The first kappa shape index (κ1) is 22.3. The molecular formula is C20H38ClN3O. The van der Waals surface area contributed by atoms with Crippen molar-refractivity contribution in [1.82, 2.24) is 5.32 Å². The highest BCUT2D eigenvalue weighted by molar-refractivity contribution is 6.21. The number of carbonyl (C=O) groups excluding carboxylic acids is 1. The monoisotopic (exact) mass is 371 g/mol. The van der Waals surface area contributed by atoms with Gasteiger partial charge in [-0.3, -0.25) is 4.79 Å². The molecule has 1 saturated carbocycles. The molecule has 1 amide bonds. The molecule has 0 radical (unpaired) electrons. The zero-order chi connectivity index (χ0) is 18.4. The Kier molecular flexibility index (Phi) is 12.0. The first-order valence-electron chi connectivity index (χ1n) is 10.4. The summed E-state index contributed by atoms with van der Waals surface area (Å²) in [4.78, 5) is 12.0. The largest absolute Gasteiger partial charge is 0.384 e. The van der Waals surface area contributed by atoms with E-state index in [4.69, 9.17) is 17.5 Å². The second-order valence-corrected chi connectivity index (χ2v) is 7.76. The fourth-order valence-electron chi connectivity index (χ4n) is 3.28. The minimum Gasteiger partial charge on any atom is -0.384 e. The first-order chi connectivity index (χ1) is 12.1. The van der Waals surface area contributed by atoms with E-state index in [1.165, 1.54) is 70.6 Å². The van der Waals surface area contributed by atoms with Crippen LogP contribution < -0.4 is 11.1 Å². The second kappa shape index (κ2) is 13.4. The number of nitrogens with one attached hydrogen (secondary N) is 1. The summed E-state index contributed by atoms with van der Waals surface area (Å²) in [5.74, 6) is 0.414. The van der Waals surface area contributed by atoms with Crippen LogP contribution >= 0.6 is 11.8 Å². The number of halogens is 1. The van der Waals surface area contributed by atoms with Crippen LogP contribution in [-0.4, -0.2) is 17.3 Å². The molecular weight excluding hydrogens is 334 g/mol. The van der Waals surface area contributed by atoms with E-state index in [0.717, 1.165) is 25.7 Å². The average molecular weight is 372 g/mol. The van der Waals surface area contributed by atoms with Crippen LogP contribution in [0.3, 0.4) is 0 Å². The van der Waals surface area contributed by atoms with E-state index >= 15 is 0 Å². The summed E-state index contributed by atoms with van der Waals surface area (Å²) in [7, 11) is 0. The molecule has 3 N–H and O–H groups in total. The molecule has 0 aromatic carbocycles. The van der Waals surface area contributed by atoms with Crippen LogP contribution in [0.2, 0.25) is 0 Å². The molecule has 4 nitrogen and oxygen atoms in total. The van der Waals surface area contributed by atoms with E-state index in [1.54, 1.807) is 0 Å². The molecule has 0 unspecified atom stereocenters. The molecule has 0 aromatic heterocycles. The molecule has 1 aliphatic rings. The predicted octanol–water partition coefficient (Wildman–Crippen LogP) is 5.63. The summed E-state index contributed by atoms with van der Waals surface area (Å²) in [5, 5.41) is 2.98. The maximum atomic E-state index is 12.0. The van der Waals surface area contributed by atoms with Gasteiger partial charge in [-0.25, -0.2) is 0 Å². The molecule has 25 heavy (non-hydrogen) atoms. The number of hydrogen-bond acceptors (Lipinski definition) is 2. The zero-order valence-electron chi connectivity index (χ0n) is 16.1. The highest BCUT2D eigenvalue weighted by atomic mass is 35.5. The van der Waals surface area contributed by atoms with Gasteiger partial charge in [0.25, 0.3) is 0 Å². The van der Waals surface area contributed by atoms with Crippen molar-refractivity contribution in [3.63, 3.8) is 0 Å². The lowest BCUT2D eigenvalue weighted by Gasteiger charge is -2.15. The second-order valence-electron chi connectivity index (χ2n) is 7.59. The molecule has 1 aliphatic carbocycles. The maximum Gasteiger partial charge on any atom is 0.220 e. The van der Waals surface area contributed by atoms with Gasteiger partial charge in [-0.2, -0.15) is 4.51 Å². The van der Waals surface area contributed by atoms with Crippen molar-refractivity contribution < 1.29 is 4.79 Å². The quantitative estimate of drug-likeness (QED) is 0.210. The molecule has 0 heterocycles. The maximum absolute atomic E-state index is 12.0. The van der Waals surface area contributed by atoms with Crippen LogP contribution in [0.5, 0.6) is 0 Å². The number of hydrogen-bond donors (Lipinski definition) is 2. The normalized spacial score (nSPS) is 16.0. The van der Waals surface area contributed by atoms with E-state index in [2.05, 4.69) is 16.8 Å². The molecule has 0 bridgehead atoms. The van der Waals surface area contributed by atoms with Crippen LogP contribution in [0.4, 0.5) is 0 Å². The van der Waals surface area contributed by atoms with E-state index < -0.39 is 5.54 Å². The van der Waals surface area contributed by atoms with E-state index in [9.17, 15) is 4.79 Å². The number of nitrogens with two attached hydrogens (primary N) is 1. The lowest BCUT2D eigenvalue weighted by atomic mass is 10.0. The van der Waals surface area contributed by atoms with E-state index in [0.29, 0.717) is 12.3 Å². The van der Waals surface area contributed by atoms with Crippen molar-refractivity contribution in [2.75, 3.05) is 0 Å². The summed E-state index contributed by atoms with van der Waals surface area (Å²) in [6, 6.07) is 0.